The quantitative estimate of drug-likeness (QED) is 0.379. The zero-order valence-electron chi connectivity index (χ0n) is 25.0. The lowest BCUT2D eigenvalue weighted by Crippen LogP contribution is -2.55. The van der Waals surface area contributed by atoms with Gasteiger partial charge in [-0.25, -0.2) is 0 Å². The fourth-order valence-electron chi connectivity index (χ4n) is 5.60. The van der Waals surface area contributed by atoms with Gasteiger partial charge in [0.1, 0.15) is 12.1 Å². The predicted octanol–water partition coefficient (Wildman–Crippen LogP) is 4.54. The average molecular weight is 583 g/mol. The predicted molar refractivity (Wildman–Crippen MR) is 167 cm³/mol. The number of nitrogens with zero attached hydrogens (tertiary/aromatic N) is 1. The number of nitrogens with one attached hydrogen (secondary N) is 2. The van der Waals surface area contributed by atoms with Crippen molar-refractivity contribution >= 4 is 23.6 Å². The monoisotopic (exact) mass is 582 g/mol. The number of nitrogens with two attached hydrogens (primary N) is 1. The van der Waals surface area contributed by atoms with Gasteiger partial charge >= 0.3 is 0 Å². The van der Waals surface area contributed by atoms with E-state index in [2.05, 4.69) is 10.6 Å². The lowest BCUT2D eigenvalue weighted by Gasteiger charge is -2.34. The molecule has 43 heavy (non-hydrogen) atoms. The highest BCUT2D eigenvalue weighted by Crippen LogP contribution is 2.24. The van der Waals surface area contributed by atoms with Crippen LogP contribution < -0.4 is 16.4 Å². The van der Waals surface area contributed by atoms with Crippen LogP contribution in [0.15, 0.2) is 84.9 Å². The Hall–Kier alpha value is -4.46. The van der Waals surface area contributed by atoms with E-state index >= 15 is 0 Å². The zero-order chi connectivity index (χ0) is 30.8. The summed E-state index contributed by atoms with van der Waals surface area (Å²) in [6.07, 6.45) is 1.82. The molecule has 1 heterocycles. The van der Waals surface area contributed by atoms with E-state index < -0.39 is 29.8 Å². The number of rotatable bonds is 7. The van der Waals surface area contributed by atoms with Crippen LogP contribution in [-0.4, -0.2) is 47.2 Å². The molecular weight excluding hydrogens is 540 g/mol. The van der Waals surface area contributed by atoms with Crippen LogP contribution in [0, 0.1) is 5.92 Å². The molecule has 0 saturated carbocycles. The summed E-state index contributed by atoms with van der Waals surface area (Å²) in [5, 5.41) is 5.87. The molecule has 0 radical (unpaired) electrons. The second-order valence-corrected chi connectivity index (χ2v) is 11.7. The molecule has 0 aromatic heterocycles. The Morgan fingerprint density at radius 1 is 0.884 bits per heavy atom. The van der Waals surface area contributed by atoms with Gasteiger partial charge in [-0.3, -0.25) is 19.2 Å². The van der Waals surface area contributed by atoms with Crippen LogP contribution in [0.4, 0.5) is 0 Å². The lowest BCUT2D eigenvalue weighted by atomic mass is 9.93. The largest absolute Gasteiger partial charge is 0.368 e. The molecule has 8 nitrogen and oxygen atoms in total. The van der Waals surface area contributed by atoms with Crippen molar-refractivity contribution in [2.24, 2.45) is 11.7 Å². The molecule has 1 aliphatic rings. The molecule has 0 bridgehead atoms. The van der Waals surface area contributed by atoms with Crippen LogP contribution in [0.5, 0.6) is 0 Å². The van der Waals surface area contributed by atoms with Gasteiger partial charge in [0.25, 0.3) is 0 Å². The van der Waals surface area contributed by atoms with Crippen LogP contribution in [0.2, 0.25) is 0 Å². The van der Waals surface area contributed by atoms with Gasteiger partial charge in [0.05, 0.1) is 5.92 Å². The Morgan fingerprint density at radius 2 is 1.51 bits per heavy atom. The Bertz CT molecular complexity index is 1380. The molecule has 0 aliphatic carbocycles. The van der Waals surface area contributed by atoms with Crippen LogP contribution in [-0.2, 0) is 25.7 Å². The van der Waals surface area contributed by atoms with E-state index in [0.717, 1.165) is 22.3 Å². The zero-order valence-corrected chi connectivity index (χ0v) is 25.0. The van der Waals surface area contributed by atoms with Crippen molar-refractivity contribution in [3.63, 3.8) is 0 Å². The molecule has 3 atom stereocenters. The smallest absolute Gasteiger partial charge is 0.246 e. The number of amides is 4. The molecule has 8 heteroatoms. The molecule has 4 rings (SSSR count). The van der Waals surface area contributed by atoms with Crippen molar-refractivity contribution in [3.05, 3.63) is 96.1 Å². The highest BCUT2D eigenvalue weighted by molar-refractivity contribution is 5.94. The minimum absolute atomic E-state index is 0.0837. The summed E-state index contributed by atoms with van der Waals surface area (Å²) >= 11 is 0. The Labute approximate surface area is 254 Å². The SMILES string of the molecule is CC(C)CC1NC(=O)CC(c2ccccc2)C(=O)NCCCCC(C(N)=O)N(Cc2ccc(-c3ccccc3)cc2)C1=O. The van der Waals surface area contributed by atoms with Crippen molar-refractivity contribution in [2.75, 3.05) is 6.54 Å². The van der Waals surface area contributed by atoms with Crippen molar-refractivity contribution in [2.45, 2.75) is 70.5 Å². The second kappa shape index (κ2) is 15.1. The van der Waals surface area contributed by atoms with Gasteiger partial charge in [-0.15, -0.1) is 0 Å². The maximum atomic E-state index is 14.2. The molecule has 4 N–H and O–H groups in total. The molecule has 3 unspecified atom stereocenters. The standard InChI is InChI=1S/C35H42N4O4/c1-24(2)21-30-35(43)39(23-25-16-18-27(19-17-25)26-11-5-3-6-12-26)31(33(36)41)15-9-10-20-37-34(42)29(22-32(40)38-30)28-13-7-4-8-14-28/h3-8,11-14,16-19,24,29-31H,9-10,15,20-23H2,1-2H3,(H2,36,41)(H,37,42)(H,38,40). The maximum absolute atomic E-state index is 14.2. The van der Waals surface area contributed by atoms with E-state index in [1.807, 2.05) is 98.8 Å². The summed E-state index contributed by atoms with van der Waals surface area (Å²) in [5.74, 6) is -2.18. The van der Waals surface area contributed by atoms with Gasteiger partial charge in [0.2, 0.25) is 23.6 Å². The van der Waals surface area contributed by atoms with Gasteiger partial charge in [0.15, 0.2) is 0 Å². The second-order valence-electron chi connectivity index (χ2n) is 11.7. The molecule has 0 spiro atoms. The minimum Gasteiger partial charge on any atom is -0.368 e. The summed E-state index contributed by atoms with van der Waals surface area (Å²) < 4.78 is 0. The highest BCUT2D eigenvalue weighted by Gasteiger charge is 2.35. The first kappa shape index (κ1) is 31.5. The molecule has 226 valence electrons. The van der Waals surface area contributed by atoms with Gasteiger partial charge in [0, 0.05) is 19.5 Å². The molecule has 1 aliphatic heterocycles. The third-order valence-electron chi connectivity index (χ3n) is 7.85. The normalized spacial score (nSPS) is 20.7. The first-order valence-corrected chi connectivity index (χ1v) is 15.1. The van der Waals surface area contributed by atoms with E-state index in [1.165, 1.54) is 4.90 Å². The average Bonchev–Trinajstić information content (AvgIpc) is 3.00. The summed E-state index contributed by atoms with van der Waals surface area (Å²) in [6.45, 7) is 4.52. The third-order valence-corrected chi connectivity index (χ3v) is 7.85. The Morgan fingerprint density at radius 3 is 2.14 bits per heavy atom. The van der Waals surface area contributed by atoms with Crippen LogP contribution in [0.1, 0.15) is 63.0 Å². The molecule has 3 aromatic rings. The van der Waals surface area contributed by atoms with Gasteiger partial charge < -0.3 is 21.3 Å². The first-order valence-electron chi connectivity index (χ1n) is 15.1. The molecule has 4 amide bonds. The lowest BCUT2D eigenvalue weighted by molar-refractivity contribution is -0.144. The topological polar surface area (TPSA) is 122 Å². The van der Waals surface area contributed by atoms with E-state index in [4.69, 9.17) is 5.73 Å². The number of primary amides is 1. The Balaban J connectivity index is 1.64. The minimum atomic E-state index is -0.875. The van der Waals surface area contributed by atoms with Crippen molar-refractivity contribution in [1.82, 2.24) is 15.5 Å². The first-order chi connectivity index (χ1) is 20.7. The molecule has 3 aromatic carbocycles. The van der Waals surface area contributed by atoms with Crippen molar-refractivity contribution in [3.8, 4) is 11.1 Å². The highest BCUT2D eigenvalue weighted by atomic mass is 16.2. The summed E-state index contributed by atoms with van der Waals surface area (Å²) in [5.41, 5.74) is 9.62. The van der Waals surface area contributed by atoms with Gasteiger partial charge in [-0.2, -0.15) is 0 Å². The van der Waals surface area contributed by atoms with Gasteiger partial charge in [-0.05, 0) is 53.9 Å². The molecule has 1 fully saturated rings. The molecular formula is C35H42N4O4. The number of carbonyl (C=O) groups is 4. The van der Waals surface area contributed by atoms with Crippen molar-refractivity contribution < 1.29 is 19.2 Å². The maximum Gasteiger partial charge on any atom is 0.246 e. The van der Waals surface area contributed by atoms with Crippen LogP contribution in [0.3, 0.4) is 0 Å². The van der Waals surface area contributed by atoms with E-state index in [-0.39, 0.29) is 30.7 Å². The third kappa shape index (κ3) is 8.77. The number of hydrogen-bond acceptors (Lipinski definition) is 4. The van der Waals surface area contributed by atoms with E-state index in [1.54, 1.807) is 0 Å². The van der Waals surface area contributed by atoms with E-state index in [9.17, 15) is 19.2 Å². The fraction of sp³-hybridized carbons (Fsp3) is 0.371. The number of carbonyl (C=O) groups excluding carboxylic acids is 4. The summed E-state index contributed by atoms with van der Waals surface area (Å²) in [7, 11) is 0. The molecule has 1 saturated heterocycles. The van der Waals surface area contributed by atoms with E-state index in [0.29, 0.717) is 32.2 Å². The van der Waals surface area contributed by atoms with Gasteiger partial charge in [-0.1, -0.05) is 98.8 Å². The van der Waals surface area contributed by atoms with Crippen LogP contribution >= 0.6 is 0 Å². The summed E-state index contributed by atoms with van der Waals surface area (Å²) in [6, 6.07) is 25.4. The summed E-state index contributed by atoms with van der Waals surface area (Å²) in [4.78, 5) is 55.1. The van der Waals surface area contributed by atoms with Crippen molar-refractivity contribution in [1.29, 1.82) is 0 Å². The number of benzene rings is 3. The fourth-order valence-corrected chi connectivity index (χ4v) is 5.60. The number of hydrogen-bond donors (Lipinski definition) is 3. The Kier molecular flexibility index (Phi) is 11.1. The van der Waals surface area contributed by atoms with Crippen LogP contribution in [0.25, 0.3) is 11.1 Å².